The smallest absolute Gasteiger partial charge is 0.243 e. The molecule has 0 aromatic heterocycles. The van der Waals surface area contributed by atoms with E-state index in [-0.39, 0.29) is 42.5 Å². The summed E-state index contributed by atoms with van der Waals surface area (Å²) in [6.45, 7) is 41.9. The fourth-order valence-electron chi connectivity index (χ4n) is 24.4. The summed E-state index contributed by atoms with van der Waals surface area (Å²) in [6, 6.07) is 0. The van der Waals surface area contributed by atoms with Crippen LogP contribution in [0.1, 0.15) is 256 Å². The van der Waals surface area contributed by atoms with Crippen LogP contribution in [0, 0.1) is 105 Å². The molecule has 680 valence electrons. The molecule has 2 amide bonds. The number of allylic oxidation sites excluding steroid dienone is 2. The number of hydrogen-bond donors (Lipinski definition) is 10. The lowest BCUT2D eigenvalue weighted by molar-refractivity contribution is -0.274. The summed E-state index contributed by atoms with van der Waals surface area (Å²) in [4.78, 5) is 52.7. The van der Waals surface area contributed by atoms with E-state index in [0.717, 1.165) is 155 Å². The summed E-state index contributed by atoms with van der Waals surface area (Å²) in [7, 11) is 6.92. The van der Waals surface area contributed by atoms with Crippen molar-refractivity contribution in [2.45, 2.75) is 318 Å². The standard InChI is InChI=1S/C48H86N4O7.C37H67N3O2.C11H19NO5/c1-32(2)11-9-12-33(3)39-16-17-40-38-15-14-35-29-37(18-21-47(35,5)41(38)19-22-48(39,40)6)58-28-10-13-36(53)30-50-25-27-52(7)26-24-49-23-20-43(54)51-31-42-34(4)44(55)45(56)46(57-8)59-42;1-27(2)9-7-10-28(3)33-14-15-34-32-13-12-29-25-31(16-18-36(29,4)35(32)17-19-37(33,34)5)42-24-8-11-30(41)26-39-21-23-40(6)22-20-38;1-4-8(13)12-5-7-6(2)9(14)10(15)11(16-3)17-7/h14,32-34,37-42,44-46,49-50,55-56H,9-13,15-31H2,1-8H3,(H,51,54);12,27-28,31-35,39H,7-11,13-26,38H2,1-6H3;4,6-7,9-11,14-15H,1,5H2,2-3H3,(H,12,13)/t33-,34?,37?,38?,39-,40?,41?,42?,44?,45?,46?,47?,48?;28-,31?,32?,33-,34?,35?,36?,37?;/m11./s1. The van der Waals surface area contributed by atoms with E-state index >= 15 is 0 Å². The normalized spacial score (nSPS) is 36.0. The first-order valence-corrected chi connectivity index (χ1v) is 47.4. The molecular weight excluding hydrogens is 1490 g/mol. The third-order valence-corrected chi connectivity index (χ3v) is 31.9. The van der Waals surface area contributed by atoms with Gasteiger partial charge in [-0.3, -0.25) is 19.2 Å². The van der Waals surface area contributed by atoms with Crippen LogP contribution >= 0.6 is 0 Å². The summed E-state index contributed by atoms with van der Waals surface area (Å²) < 4.78 is 34.0. The highest BCUT2D eigenvalue weighted by Crippen LogP contribution is 2.69. The number of nitrogens with zero attached hydrogens (tertiary/aromatic N) is 2. The number of ether oxygens (including phenoxy) is 6. The number of fused-ring (bicyclic) bond motifs is 10. The SMILES string of the molecule is C=CC(=O)NCC1OC(OC)C(O)C(O)C1C.CC(C)CCC[C@@H](C)[C@H]1CCC2C3CC=C4CC(OCCCC(=O)CNCCN(C)CCN)CCC4(C)C3CCC21C.COC1OC(CNC(=O)CCNCCN(C)CCNCC(=O)CCCOC2CCC3(C)C(=CCC4C3CCC3(C)C4CC[C@@H]3[C@H](C)CCCC(C)C)C2)C(C)C(O)C1O. The zero-order valence-electron chi connectivity index (χ0n) is 76.8. The zero-order chi connectivity index (χ0) is 86.1. The molecule has 118 heavy (non-hydrogen) atoms. The van der Waals surface area contributed by atoms with E-state index in [2.05, 4.69) is 138 Å². The van der Waals surface area contributed by atoms with Crippen LogP contribution in [0.3, 0.4) is 0 Å². The molecule has 22 heteroatoms. The maximum Gasteiger partial charge on any atom is 0.243 e. The Morgan fingerprint density at radius 2 is 0.966 bits per heavy atom. The van der Waals surface area contributed by atoms with Crippen LogP contribution in [0.2, 0.25) is 0 Å². The van der Waals surface area contributed by atoms with E-state index in [1.54, 1.807) is 25.0 Å². The Balaban J connectivity index is 0.000000254. The minimum absolute atomic E-state index is 0.103. The summed E-state index contributed by atoms with van der Waals surface area (Å²) in [6.07, 6.45) is 33.1. The van der Waals surface area contributed by atoms with Crippen LogP contribution < -0.4 is 32.3 Å². The van der Waals surface area contributed by atoms with Gasteiger partial charge in [0.15, 0.2) is 12.6 Å². The maximum atomic E-state index is 12.6. The molecule has 0 radical (unpaired) electrons. The summed E-state index contributed by atoms with van der Waals surface area (Å²) in [5.74, 6) is 10.0. The highest BCUT2D eigenvalue weighted by atomic mass is 16.7. The monoisotopic (exact) mass is 1660 g/mol. The number of carbonyl (C=O) groups excluding carboxylic acids is 4. The quantitative estimate of drug-likeness (QED) is 0.0154. The third-order valence-electron chi connectivity index (χ3n) is 31.9. The molecule has 2 heterocycles. The number of methoxy groups -OCH3 is 2. The van der Waals surface area contributed by atoms with E-state index in [0.29, 0.717) is 98.3 Å². The van der Waals surface area contributed by atoms with E-state index in [4.69, 9.17) is 34.2 Å². The number of carbonyl (C=O) groups is 4. The van der Waals surface area contributed by atoms with Gasteiger partial charge in [-0.25, -0.2) is 0 Å². The van der Waals surface area contributed by atoms with Gasteiger partial charge < -0.3 is 91.0 Å². The number of aliphatic hydroxyl groups excluding tert-OH is 4. The Labute approximate surface area is 714 Å². The lowest BCUT2D eigenvalue weighted by Crippen LogP contribution is -2.56. The average molecular weight is 1660 g/mol. The number of amides is 2. The zero-order valence-corrected chi connectivity index (χ0v) is 76.8. The lowest BCUT2D eigenvalue weighted by Gasteiger charge is -2.58. The van der Waals surface area contributed by atoms with Crippen molar-refractivity contribution in [3.8, 4) is 0 Å². The molecule has 2 saturated heterocycles. The predicted octanol–water partition coefficient (Wildman–Crippen LogP) is 12.4. The van der Waals surface area contributed by atoms with Crippen LogP contribution in [-0.2, 0) is 47.6 Å². The van der Waals surface area contributed by atoms with Crippen LogP contribution in [-0.4, -0.2) is 242 Å². The molecule has 26 atom stereocenters. The number of nitrogens with two attached hydrogens (primary N) is 1. The van der Waals surface area contributed by atoms with E-state index < -0.39 is 49.2 Å². The van der Waals surface area contributed by atoms with Crippen molar-refractivity contribution in [3.05, 3.63) is 36.0 Å². The molecule has 8 aliphatic carbocycles. The molecule has 2 aliphatic heterocycles. The summed E-state index contributed by atoms with van der Waals surface area (Å²) in [5.41, 5.74) is 10.8. The largest absolute Gasteiger partial charge is 0.390 e. The molecule has 8 fully saturated rings. The highest BCUT2D eigenvalue weighted by Gasteiger charge is 2.61. The molecule has 22 unspecified atom stereocenters. The Morgan fingerprint density at radius 3 is 1.38 bits per heavy atom. The fraction of sp³-hybridized carbons (Fsp3) is 0.896. The van der Waals surface area contributed by atoms with Crippen LogP contribution in [0.25, 0.3) is 0 Å². The molecular formula is C96H172N8O14. The van der Waals surface area contributed by atoms with E-state index in [1.807, 2.05) is 0 Å². The maximum absolute atomic E-state index is 12.6. The first-order valence-electron chi connectivity index (χ1n) is 47.4. The van der Waals surface area contributed by atoms with Gasteiger partial charge in [0.25, 0.3) is 0 Å². The molecule has 0 bridgehead atoms. The van der Waals surface area contributed by atoms with Gasteiger partial charge in [-0.15, -0.1) is 0 Å². The Bertz CT molecular complexity index is 3090. The lowest BCUT2D eigenvalue weighted by atomic mass is 9.47. The van der Waals surface area contributed by atoms with E-state index in [9.17, 15) is 39.6 Å². The number of likely N-dealkylation sites (N-methyl/N-ethyl adjacent to an activating group) is 2. The van der Waals surface area contributed by atoms with Crippen molar-refractivity contribution >= 4 is 23.4 Å². The third kappa shape index (κ3) is 27.2. The van der Waals surface area contributed by atoms with Gasteiger partial charge >= 0.3 is 0 Å². The van der Waals surface area contributed by atoms with Crippen LogP contribution in [0.5, 0.6) is 0 Å². The highest BCUT2D eigenvalue weighted by molar-refractivity contribution is 5.86. The van der Waals surface area contributed by atoms with E-state index in [1.165, 1.54) is 136 Å². The second kappa shape index (κ2) is 48.5. The van der Waals surface area contributed by atoms with Gasteiger partial charge in [-0.2, -0.15) is 0 Å². The van der Waals surface area contributed by atoms with Gasteiger partial charge in [-0.05, 0) is 228 Å². The number of hydrogen-bond acceptors (Lipinski definition) is 20. The summed E-state index contributed by atoms with van der Waals surface area (Å²) in [5, 5.41) is 55.1. The second-order valence-electron chi connectivity index (χ2n) is 40.6. The van der Waals surface area contributed by atoms with Crippen molar-refractivity contribution < 1.29 is 68.0 Å². The number of nitrogens with one attached hydrogen (secondary N) is 5. The van der Waals surface area contributed by atoms with Gasteiger partial charge in [-0.1, -0.05) is 151 Å². The van der Waals surface area contributed by atoms with Crippen LogP contribution in [0.15, 0.2) is 36.0 Å². The van der Waals surface area contributed by atoms with Crippen molar-refractivity contribution in [2.24, 2.45) is 110 Å². The number of rotatable bonds is 45. The number of Topliss-reactive ketones (excluding diaryl/α,β-unsaturated/α-hetero) is 2. The minimum atomic E-state index is -1.11. The van der Waals surface area contributed by atoms with Crippen molar-refractivity contribution in [3.63, 3.8) is 0 Å². The first-order chi connectivity index (χ1) is 56.3. The molecule has 10 rings (SSSR count). The minimum Gasteiger partial charge on any atom is -0.390 e. The topological polar surface area (TPSA) is 297 Å². The van der Waals surface area contributed by atoms with Gasteiger partial charge in [0.1, 0.15) is 23.8 Å². The number of ketones is 2. The molecule has 0 spiro atoms. The summed E-state index contributed by atoms with van der Waals surface area (Å²) >= 11 is 0. The Morgan fingerprint density at radius 1 is 0.542 bits per heavy atom. The van der Waals surface area contributed by atoms with Crippen molar-refractivity contribution in [1.29, 1.82) is 0 Å². The fourth-order valence-corrected chi connectivity index (χ4v) is 24.4. The van der Waals surface area contributed by atoms with Crippen LogP contribution in [0.4, 0.5) is 0 Å². The molecule has 0 aromatic rings. The average Bonchev–Trinajstić information content (AvgIpc) is 1.41. The Kier molecular flexibility index (Phi) is 41.2. The van der Waals surface area contributed by atoms with Gasteiger partial charge in [0.2, 0.25) is 11.8 Å². The molecule has 10 aliphatic rings. The molecule has 6 saturated carbocycles. The van der Waals surface area contributed by atoms with Crippen molar-refractivity contribution in [1.82, 2.24) is 36.4 Å². The predicted molar refractivity (Wildman–Crippen MR) is 471 cm³/mol. The first kappa shape index (κ1) is 100. The van der Waals surface area contributed by atoms with Gasteiger partial charge in [0, 0.05) is 131 Å². The second-order valence-corrected chi connectivity index (χ2v) is 40.6. The number of aliphatic hydroxyl groups is 4. The Hall–Kier alpha value is -3.14. The molecule has 0 aromatic carbocycles. The molecule has 11 N–H and O–H groups in total. The van der Waals surface area contributed by atoms with Crippen molar-refractivity contribution in [2.75, 3.05) is 127 Å². The molecule has 22 nitrogen and oxygen atoms in total. The van der Waals surface area contributed by atoms with Gasteiger partial charge in [0.05, 0.1) is 49.7 Å².